The smallest absolute Gasteiger partial charge is 0.0995 e. The summed E-state index contributed by atoms with van der Waals surface area (Å²) >= 11 is 12.2. The van der Waals surface area contributed by atoms with Crippen LogP contribution in [0.4, 0.5) is 0 Å². The predicted octanol–water partition coefficient (Wildman–Crippen LogP) is 3.99. The zero-order chi connectivity index (χ0) is 13.2. The van der Waals surface area contributed by atoms with E-state index in [-0.39, 0.29) is 0 Å². The number of rotatable bonds is 2. The third-order valence-electron chi connectivity index (χ3n) is 3.50. The molecule has 3 nitrogen and oxygen atoms in total. The Morgan fingerprint density at radius 1 is 1.26 bits per heavy atom. The molecule has 2 aromatic rings. The minimum Gasteiger partial charge on any atom is -0.309 e. The molecule has 1 atom stereocenters. The van der Waals surface area contributed by atoms with Crippen LogP contribution in [0.25, 0.3) is 5.69 Å². The lowest BCUT2D eigenvalue weighted by Crippen LogP contribution is -2.28. The fourth-order valence-corrected chi connectivity index (χ4v) is 3.04. The molecule has 0 bridgehead atoms. The van der Waals surface area contributed by atoms with Gasteiger partial charge in [0.05, 0.1) is 28.9 Å². The summed E-state index contributed by atoms with van der Waals surface area (Å²) in [5.74, 6) is 0. The maximum atomic E-state index is 6.28. The normalized spacial score (nSPS) is 19.6. The first kappa shape index (κ1) is 13.0. The van der Waals surface area contributed by atoms with Crippen LogP contribution in [0.5, 0.6) is 0 Å². The molecule has 0 aliphatic carbocycles. The molecule has 5 heteroatoms. The second-order valence-electron chi connectivity index (χ2n) is 4.79. The van der Waals surface area contributed by atoms with Crippen molar-refractivity contribution in [2.45, 2.75) is 25.3 Å². The van der Waals surface area contributed by atoms with Crippen LogP contribution in [-0.2, 0) is 0 Å². The summed E-state index contributed by atoms with van der Waals surface area (Å²) in [4.78, 5) is 4.27. The molecule has 1 unspecified atom stereocenters. The first-order valence-electron chi connectivity index (χ1n) is 6.47. The molecule has 3 rings (SSSR count). The van der Waals surface area contributed by atoms with E-state index in [1.54, 1.807) is 12.4 Å². The third-order valence-corrected chi connectivity index (χ3v) is 4.04. The molecule has 100 valence electrons. The maximum absolute atomic E-state index is 6.28. The van der Waals surface area contributed by atoms with Gasteiger partial charge in [0.2, 0.25) is 0 Å². The molecule has 2 heterocycles. The van der Waals surface area contributed by atoms with E-state index in [2.05, 4.69) is 10.3 Å². The number of benzene rings is 1. The Kier molecular flexibility index (Phi) is 3.78. The highest BCUT2D eigenvalue weighted by molar-refractivity contribution is 6.35. The number of halogens is 2. The van der Waals surface area contributed by atoms with Crippen molar-refractivity contribution in [3.8, 4) is 5.69 Å². The molecule has 0 spiro atoms. The largest absolute Gasteiger partial charge is 0.309 e. The van der Waals surface area contributed by atoms with E-state index in [1.807, 2.05) is 22.9 Å². The van der Waals surface area contributed by atoms with Gasteiger partial charge in [-0.25, -0.2) is 4.98 Å². The van der Waals surface area contributed by atoms with Gasteiger partial charge in [-0.1, -0.05) is 29.6 Å². The minimum absolute atomic E-state index is 0.350. The van der Waals surface area contributed by atoms with E-state index in [0.29, 0.717) is 16.1 Å². The Hall–Kier alpha value is -1.03. The van der Waals surface area contributed by atoms with Crippen LogP contribution in [0.3, 0.4) is 0 Å². The van der Waals surface area contributed by atoms with Crippen LogP contribution in [0.2, 0.25) is 10.0 Å². The Balaban J connectivity index is 1.99. The summed E-state index contributed by atoms with van der Waals surface area (Å²) in [6.45, 7) is 1.06. The first-order valence-corrected chi connectivity index (χ1v) is 7.22. The molecule has 1 N–H and O–H groups in total. The van der Waals surface area contributed by atoms with Gasteiger partial charge in [0, 0.05) is 11.1 Å². The summed E-state index contributed by atoms with van der Waals surface area (Å²) in [5, 5.41) is 4.82. The number of hydrogen-bond donors (Lipinski definition) is 1. The average Bonchev–Trinajstić information content (AvgIpc) is 2.89. The van der Waals surface area contributed by atoms with Crippen molar-refractivity contribution in [2.75, 3.05) is 6.54 Å². The van der Waals surface area contributed by atoms with E-state index in [4.69, 9.17) is 23.2 Å². The van der Waals surface area contributed by atoms with Crippen molar-refractivity contribution in [1.82, 2.24) is 14.9 Å². The molecule has 0 radical (unpaired) electrons. The van der Waals surface area contributed by atoms with Gasteiger partial charge in [-0.2, -0.15) is 0 Å². The predicted molar refractivity (Wildman–Crippen MR) is 78.2 cm³/mol. The molecule has 1 aliphatic rings. The van der Waals surface area contributed by atoms with E-state index < -0.39 is 0 Å². The van der Waals surface area contributed by atoms with Gasteiger partial charge < -0.3 is 9.88 Å². The van der Waals surface area contributed by atoms with Crippen molar-refractivity contribution < 1.29 is 0 Å². The SMILES string of the molecule is Clc1ccc(-n2cncc2C2CCCCN2)c(Cl)c1. The van der Waals surface area contributed by atoms with Crippen LogP contribution in [0.15, 0.2) is 30.7 Å². The molecule has 0 amide bonds. The summed E-state index contributed by atoms with van der Waals surface area (Å²) in [6, 6.07) is 5.89. The highest BCUT2D eigenvalue weighted by Crippen LogP contribution is 2.29. The molecule has 0 saturated carbocycles. The van der Waals surface area contributed by atoms with Crippen LogP contribution in [0.1, 0.15) is 31.0 Å². The maximum Gasteiger partial charge on any atom is 0.0995 e. The quantitative estimate of drug-likeness (QED) is 0.908. The van der Waals surface area contributed by atoms with Crippen LogP contribution >= 0.6 is 23.2 Å². The number of hydrogen-bond acceptors (Lipinski definition) is 2. The summed E-state index contributed by atoms with van der Waals surface area (Å²) < 4.78 is 2.04. The highest BCUT2D eigenvalue weighted by atomic mass is 35.5. The summed E-state index contributed by atoms with van der Waals surface area (Å²) in [6.07, 6.45) is 7.34. The second-order valence-corrected chi connectivity index (χ2v) is 5.63. The zero-order valence-corrected chi connectivity index (χ0v) is 12.0. The monoisotopic (exact) mass is 295 g/mol. The van der Waals surface area contributed by atoms with Crippen molar-refractivity contribution in [2.24, 2.45) is 0 Å². The number of nitrogens with one attached hydrogen (secondary N) is 1. The number of piperidine rings is 1. The van der Waals surface area contributed by atoms with E-state index in [0.717, 1.165) is 24.3 Å². The van der Waals surface area contributed by atoms with Gasteiger partial charge in [0.15, 0.2) is 0 Å². The lowest BCUT2D eigenvalue weighted by molar-refractivity contribution is 0.402. The molecule has 1 aromatic carbocycles. The standard InChI is InChI=1S/C14H15Cl2N3/c15-10-4-5-13(11(16)7-10)19-9-17-8-14(19)12-3-1-2-6-18-12/h4-5,7-9,12,18H,1-3,6H2. The van der Waals surface area contributed by atoms with Crippen molar-refractivity contribution in [3.05, 3.63) is 46.5 Å². The van der Waals surface area contributed by atoms with Crippen molar-refractivity contribution >= 4 is 23.2 Å². The Bertz CT molecular complexity index is 574. The lowest BCUT2D eigenvalue weighted by atomic mass is 10.0. The Morgan fingerprint density at radius 3 is 2.89 bits per heavy atom. The number of nitrogens with zero attached hydrogens (tertiary/aromatic N) is 2. The lowest BCUT2D eigenvalue weighted by Gasteiger charge is -2.24. The fourth-order valence-electron chi connectivity index (χ4n) is 2.55. The molecular weight excluding hydrogens is 281 g/mol. The number of imidazole rings is 1. The molecular formula is C14H15Cl2N3. The zero-order valence-electron chi connectivity index (χ0n) is 10.4. The van der Waals surface area contributed by atoms with Crippen LogP contribution in [0, 0.1) is 0 Å². The average molecular weight is 296 g/mol. The van der Waals surface area contributed by atoms with Crippen LogP contribution in [-0.4, -0.2) is 16.1 Å². The van der Waals surface area contributed by atoms with Gasteiger partial charge in [-0.05, 0) is 37.6 Å². The Morgan fingerprint density at radius 2 is 2.16 bits per heavy atom. The highest BCUT2D eigenvalue weighted by Gasteiger charge is 2.19. The van der Waals surface area contributed by atoms with Crippen LogP contribution < -0.4 is 5.32 Å². The van der Waals surface area contributed by atoms with Crippen molar-refractivity contribution in [3.63, 3.8) is 0 Å². The molecule has 1 fully saturated rings. The first-order chi connectivity index (χ1) is 9.25. The van der Waals surface area contributed by atoms with Crippen molar-refractivity contribution in [1.29, 1.82) is 0 Å². The molecule has 1 aliphatic heterocycles. The molecule has 1 aromatic heterocycles. The third kappa shape index (κ3) is 2.64. The Labute approximate surface area is 122 Å². The fraction of sp³-hybridized carbons (Fsp3) is 0.357. The number of aromatic nitrogens is 2. The van der Waals surface area contributed by atoms with E-state index in [9.17, 15) is 0 Å². The van der Waals surface area contributed by atoms with Gasteiger partial charge in [-0.3, -0.25) is 0 Å². The molecule has 1 saturated heterocycles. The van der Waals surface area contributed by atoms with E-state index >= 15 is 0 Å². The summed E-state index contributed by atoms with van der Waals surface area (Å²) in [5.41, 5.74) is 2.08. The van der Waals surface area contributed by atoms with Gasteiger partial charge in [0.25, 0.3) is 0 Å². The molecule has 19 heavy (non-hydrogen) atoms. The minimum atomic E-state index is 0.350. The van der Waals surface area contributed by atoms with Gasteiger partial charge in [0.1, 0.15) is 0 Å². The van der Waals surface area contributed by atoms with Gasteiger partial charge >= 0.3 is 0 Å². The second kappa shape index (κ2) is 5.53. The van der Waals surface area contributed by atoms with E-state index in [1.165, 1.54) is 12.8 Å². The summed E-state index contributed by atoms with van der Waals surface area (Å²) in [7, 11) is 0. The van der Waals surface area contributed by atoms with Gasteiger partial charge in [-0.15, -0.1) is 0 Å². The topological polar surface area (TPSA) is 29.9 Å².